The van der Waals surface area contributed by atoms with Crippen LogP contribution in [-0.2, 0) is 16.0 Å². The fourth-order valence-electron chi connectivity index (χ4n) is 1.46. The molecule has 1 rings (SSSR count). The number of hydrogen-bond acceptors (Lipinski definition) is 5. The van der Waals surface area contributed by atoms with Crippen molar-refractivity contribution in [3.8, 4) is 5.75 Å². The van der Waals surface area contributed by atoms with Crippen molar-refractivity contribution in [2.45, 2.75) is 19.9 Å². The van der Waals surface area contributed by atoms with Gasteiger partial charge in [0.15, 0.2) is 0 Å². The Morgan fingerprint density at radius 1 is 1.17 bits per heavy atom. The van der Waals surface area contributed by atoms with Gasteiger partial charge in [0.25, 0.3) is 0 Å². The zero-order chi connectivity index (χ0) is 13.2. The van der Waals surface area contributed by atoms with Crippen LogP contribution in [-0.4, -0.2) is 38.5 Å². The molecule has 0 saturated carbocycles. The van der Waals surface area contributed by atoms with E-state index in [4.69, 9.17) is 19.9 Å². The molecule has 0 fully saturated rings. The van der Waals surface area contributed by atoms with E-state index < -0.39 is 0 Å². The minimum Gasteiger partial charge on any atom is -0.492 e. The van der Waals surface area contributed by atoms with Crippen LogP contribution in [0.4, 0.5) is 0 Å². The van der Waals surface area contributed by atoms with Crippen LogP contribution in [0.25, 0.3) is 0 Å². The Kier molecular flexibility index (Phi) is 7.32. The van der Waals surface area contributed by atoms with Crippen LogP contribution in [0.1, 0.15) is 17.8 Å². The van der Waals surface area contributed by atoms with Crippen LogP contribution in [0.15, 0.2) is 12.1 Å². The van der Waals surface area contributed by atoms with Gasteiger partial charge < -0.3 is 19.9 Å². The lowest BCUT2D eigenvalue weighted by Crippen LogP contribution is -2.09. The molecule has 0 unspecified atom stereocenters. The van der Waals surface area contributed by atoms with Crippen molar-refractivity contribution >= 4 is 0 Å². The van der Waals surface area contributed by atoms with Crippen molar-refractivity contribution in [3.05, 3.63) is 23.5 Å². The van der Waals surface area contributed by atoms with Crippen LogP contribution in [0.5, 0.6) is 5.75 Å². The average Bonchev–Trinajstić information content (AvgIpc) is 2.39. The van der Waals surface area contributed by atoms with Crippen LogP contribution in [0.3, 0.4) is 0 Å². The zero-order valence-electron chi connectivity index (χ0n) is 11.1. The number of rotatable bonds is 9. The van der Waals surface area contributed by atoms with E-state index in [2.05, 4.69) is 4.98 Å². The Hall–Kier alpha value is -1.17. The van der Waals surface area contributed by atoms with E-state index >= 15 is 0 Å². The molecular weight excluding hydrogens is 232 g/mol. The van der Waals surface area contributed by atoms with E-state index in [1.807, 2.05) is 19.1 Å². The lowest BCUT2D eigenvalue weighted by Gasteiger charge is -2.10. The Balaban J connectivity index is 2.22. The molecule has 5 heteroatoms. The van der Waals surface area contributed by atoms with Crippen LogP contribution >= 0.6 is 0 Å². The molecule has 0 aliphatic heterocycles. The van der Waals surface area contributed by atoms with Gasteiger partial charge in [-0.1, -0.05) is 0 Å². The summed E-state index contributed by atoms with van der Waals surface area (Å²) in [7, 11) is 1.66. The molecule has 0 saturated heterocycles. The van der Waals surface area contributed by atoms with Crippen molar-refractivity contribution in [1.29, 1.82) is 0 Å². The molecular formula is C13H22N2O3. The Morgan fingerprint density at radius 3 is 2.72 bits per heavy atom. The predicted octanol–water partition coefficient (Wildman–Crippen LogP) is 1.28. The van der Waals surface area contributed by atoms with Gasteiger partial charge in [-0.2, -0.15) is 0 Å². The van der Waals surface area contributed by atoms with Gasteiger partial charge in [0, 0.05) is 32.4 Å². The minimum atomic E-state index is 0.390. The van der Waals surface area contributed by atoms with Crippen LogP contribution in [0.2, 0.25) is 0 Å². The van der Waals surface area contributed by atoms with Gasteiger partial charge in [-0.15, -0.1) is 0 Å². The van der Waals surface area contributed by atoms with E-state index in [1.54, 1.807) is 7.11 Å². The fourth-order valence-corrected chi connectivity index (χ4v) is 1.46. The van der Waals surface area contributed by atoms with E-state index in [0.717, 1.165) is 23.6 Å². The first-order valence-corrected chi connectivity index (χ1v) is 6.14. The van der Waals surface area contributed by atoms with Crippen molar-refractivity contribution in [2.24, 2.45) is 5.73 Å². The second-order valence-corrected chi connectivity index (χ2v) is 3.91. The summed E-state index contributed by atoms with van der Waals surface area (Å²) < 4.78 is 15.9. The second-order valence-electron chi connectivity index (χ2n) is 3.91. The molecule has 0 aromatic carbocycles. The van der Waals surface area contributed by atoms with E-state index in [1.165, 1.54) is 0 Å². The molecule has 0 bridgehead atoms. The quantitative estimate of drug-likeness (QED) is 0.672. The van der Waals surface area contributed by atoms with Gasteiger partial charge in [0.05, 0.1) is 25.5 Å². The summed E-state index contributed by atoms with van der Waals surface area (Å²) in [5, 5.41) is 0. The number of hydrogen-bond donors (Lipinski definition) is 1. The van der Waals surface area contributed by atoms with Gasteiger partial charge >= 0.3 is 0 Å². The minimum absolute atomic E-state index is 0.390. The van der Waals surface area contributed by atoms with Crippen molar-refractivity contribution in [3.63, 3.8) is 0 Å². The fraction of sp³-hybridized carbons (Fsp3) is 0.615. The summed E-state index contributed by atoms with van der Waals surface area (Å²) in [6.07, 6.45) is 0.835. The monoisotopic (exact) mass is 254 g/mol. The highest BCUT2D eigenvalue weighted by Gasteiger charge is 2.03. The third-order valence-corrected chi connectivity index (χ3v) is 2.39. The molecule has 1 aromatic rings. The lowest BCUT2D eigenvalue weighted by molar-refractivity contribution is 0.0643. The smallest absolute Gasteiger partial charge is 0.142 e. The van der Waals surface area contributed by atoms with Crippen molar-refractivity contribution < 1.29 is 14.2 Å². The highest BCUT2D eigenvalue weighted by Crippen LogP contribution is 2.16. The predicted molar refractivity (Wildman–Crippen MR) is 69.7 cm³/mol. The molecule has 102 valence electrons. The number of nitrogens with zero attached hydrogens (tertiary/aromatic N) is 1. The van der Waals surface area contributed by atoms with Crippen molar-refractivity contribution in [2.75, 3.05) is 33.5 Å². The normalized spacial score (nSPS) is 10.6. The maximum absolute atomic E-state index is 5.64. The maximum Gasteiger partial charge on any atom is 0.142 e. The van der Waals surface area contributed by atoms with Gasteiger partial charge in [-0.3, -0.25) is 4.98 Å². The van der Waals surface area contributed by atoms with E-state index in [-0.39, 0.29) is 0 Å². The molecule has 1 heterocycles. The van der Waals surface area contributed by atoms with E-state index in [0.29, 0.717) is 33.0 Å². The first-order chi connectivity index (χ1) is 8.77. The molecule has 18 heavy (non-hydrogen) atoms. The molecule has 5 nitrogen and oxygen atoms in total. The first kappa shape index (κ1) is 14.9. The molecule has 0 radical (unpaired) electrons. The highest BCUT2D eigenvalue weighted by molar-refractivity contribution is 5.29. The van der Waals surface area contributed by atoms with Gasteiger partial charge in [0.1, 0.15) is 5.75 Å². The molecule has 0 spiro atoms. The van der Waals surface area contributed by atoms with Gasteiger partial charge in [-0.05, 0) is 19.1 Å². The third kappa shape index (κ3) is 5.44. The summed E-state index contributed by atoms with van der Waals surface area (Å²) in [5.74, 6) is 0.764. The first-order valence-electron chi connectivity index (χ1n) is 6.14. The SMILES string of the molecule is COCCOCCCOc1ccc(C)nc1CN. The highest BCUT2D eigenvalue weighted by atomic mass is 16.5. The summed E-state index contributed by atoms with van der Waals surface area (Å²) >= 11 is 0. The van der Waals surface area contributed by atoms with Crippen LogP contribution in [0, 0.1) is 6.92 Å². The molecule has 0 aliphatic rings. The summed E-state index contributed by atoms with van der Waals surface area (Å²) in [6, 6.07) is 3.83. The van der Waals surface area contributed by atoms with Gasteiger partial charge in [-0.25, -0.2) is 0 Å². The Labute approximate surface area is 108 Å². The number of nitrogens with two attached hydrogens (primary N) is 1. The second kappa shape index (κ2) is 8.85. The standard InChI is InChI=1S/C13H22N2O3/c1-11-4-5-13(12(10-14)15-11)18-7-3-6-17-9-8-16-2/h4-5H,3,6-10,14H2,1-2H3. The summed E-state index contributed by atoms with van der Waals surface area (Å²) in [6.45, 7) is 4.84. The number of ether oxygens (including phenoxy) is 3. The number of methoxy groups -OCH3 is 1. The average molecular weight is 254 g/mol. The Morgan fingerprint density at radius 2 is 2.00 bits per heavy atom. The Bertz CT molecular complexity index is 345. The molecule has 1 aromatic heterocycles. The van der Waals surface area contributed by atoms with Crippen molar-refractivity contribution in [1.82, 2.24) is 4.98 Å². The summed E-state index contributed by atoms with van der Waals surface area (Å²) in [5.41, 5.74) is 7.37. The third-order valence-electron chi connectivity index (χ3n) is 2.39. The molecule has 0 aliphatic carbocycles. The van der Waals surface area contributed by atoms with Crippen LogP contribution < -0.4 is 10.5 Å². The van der Waals surface area contributed by atoms with E-state index in [9.17, 15) is 0 Å². The molecule has 0 atom stereocenters. The number of pyridine rings is 1. The number of aromatic nitrogens is 1. The van der Waals surface area contributed by atoms with Gasteiger partial charge in [0.2, 0.25) is 0 Å². The zero-order valence-corrected chi connectivity index (χ0v) is 11.1. The number of aryl methyl sites for hydroxylation is 1. The topological polar surface area (TPSA) is 66.6 Å². The molecule has 2 N–H and O–H groups in total. The largest absolute Gasteiger partial charge is 0.492 e. The lowest BCUT2D eigenvalue weighted by atomic mass is 10.3. The maximum atomic E-state index is 5.64. The molecule has 0 amide bonds. The summed E-state index contributed by atoms with van der Waals surface area (Å²) in [4.78, 5) is 4.33.